The lowest BCUT2D eigenvalue weighted by molar-refractivity contribution is 0.0892. The Kier molecular flexibility index (Phi) is 7.05. The van der Waals surface area contributed by atoms with Crippen molar-refractivity contribution >= 4 is 15.9 Å². The Balaban J connectivity index is 1.92. The number of halogens is 1. The zero-order valence-electron chi connectivity index (χ0n) is 12.4. The molecular formula is C17H26BrNO. The molecule has 112 valence electrons. The zero-order chi connectivity index (χ0) is 14.2. The molecule has 0 amide bonds. The Morgan fingerprint density at radius 3 is 2.95 bits per heavy atom. The number of nitrogens with one attached hydrogen (secondary N) is 1. The maximum absolute atomic E-state index is 5.82. The fraction of sp³-hybridized carbons (Fsp3) is 0.647. The molecule has 0 saturated carbocycles. The van der Waals surface area contributed by atoms with Crippen molar-refractivity contribution in [2.24, 2.45) is 5.92 Å². The highest BCUT2D eigenvalue weighted by Gasteiger charge is 2.21. The Morgan fingerprint density at radius 1 is 1.40 bits per heavy atom. The number of hydrogen-bond donors (Lipinski definition) is 1. The van der Waals surface area contributed by atoms with Crippen LogP contribution >= 0.6 is 15.9 Å². The van der Waals surface area contributed by atoms with Crippen LogP contribution in [-0.2, 0) is 11.2 Å². The fourth-order valence-electron chi connectivity index (χ4n) is 2.90. The molecule has 2 rings (SSSR count). The van der Waals surface area contributed by atoms with Gasteiger partial charge in [0.05, 0.1) is 6.10 Å². The molecule has 2 nitrogen and oxygen atoms in total. The average molecular weight is 340 g/mol. The van der Waals surface area contributed by atoms with E-state index in [1.54, 1.807) is 0 Å². The van der Waals surface area contributed by atoms with E-state index in [1.807, 2.05) is 0 Å². The Bertz CT molecular complexity index is 390. The van der Waals surface area contributed by atoms with Crippen LogP contribution in [0.3, 0.4) is 0 Å². The van der Waals surface area contributed by atoms with Crippen LogP contribution in [0.25, 0.3) is 0 Å². The van der Waals surface area contributed by atoms with Crippen LogP contribution in [0.5, 0.6) is 0 Å². The molecule has 0 aromatic heterocycles. The van der Waals surface area contributed by atoms with Gasteiger partial charge in [-0.1, -0.05) is 41.1 Å². The van der Waals surface area contributed by atoms with Crippen LogP contribution in [0, 0.1) is 5.92 Å². The second kappa shape index (κ2) is 8.81. The van der Waals surface area contributed by atoms with Crippen LogP contribution in [-0.4, -0.2) is 25.8 Å². The summed E-state index contributed by atoms with van der Waals surface area (Å²) in [4.78, 5) is 0. The van der Waals surface area contributed by atoms with Gasteiger partial charge in [0.1, 0.15) is 0 Å². The SMILES string of the molecule is CCCNCC(Cc1ccccc1Br)CC1CCCO1. The second-order valence-electron chi connectivity index (χ2n) is 5.74. The lowest BCUT2D eigenvalue weighted by atomic mass is 9.92. The van der Waals surface area contributed by atoms with Gasteiger partial charge in [-0.05, 0) is 62.7 Å². The molecule has 1 N–H and O–H groups in total. The highest BCUT2D eigenvalue weighted by Crippen LogP contribution is 2.25. The van der Waals surface area contributed by atoms with E-state index >= 15 is 0 Å². The van der Waals surface area contributed by atoms with Gasteiger partial charge in [-0.25, -0.2) is 0 Å². The van der Waals surface area contributed by atoms with Crippen molar-refractivity contribution in [2.75, 3.05) is 19.7 Å². The summed E-state index contributed by atoms with van der Waals surface area (Å²) < 4.78 is 7.05. The van der Waals surface area contributed by atoms with E-state index in [2.05, 4.69) is 52.4 Å². The highest BCUT2D eigenvalue weighted by atomic mass is 79.9. The maximum atomic E-state index is 5.82. The minimum absolute atomic E-state index is 0.478. The number of ether oxygens (including phenoxy) is 1. The van der Waals surface area contributed by atoms with Crippen molar-refractivity contribution in [3.8, 4) is 0 Å². The molecule has 2 atom stereocenters. The summed E-state index contributed by atoms with van der Waals surface area (Å²) in [6.45, 7) is 5.37. The summed E-state index contributed by atoms with van der Waals surface area (Å²) in [6.07, 6.45) is 6.44. The molecule has 1 aromatic carbocycles. The smallest absolute Gasteiger partial charge is 0.0579 e. The summed E-state index contributed by atoms with van der Waals surface area (Å²) in [6, 6.07) is 8.57. The third kappa shape index (κ3) is 5.19. The van der Waals surface area contributed by atoms with Crippen LogP contribution in [0.4, 0.5) is 0 Å². The first-order valence-corrected chi connectivity index (χ1v) is 8.64. The van der Waals surface area contributed by atoms with Crippen molar-refractivity contribution < 1.29 is 4.74 Å². The van der Waals surface area contributed by atoms with E-state index in [-0.39, 0.29) is 0 Å². The van der Waals surface area contributed by atoms with Crippen molar-refractivity contribution in [1.82, 2.24) is 5.32 Å². The normalized spacial score (nSPS) is 20.2. The number of benzene rings is 1. The average Bonchev–Trinajstić information content (AvgIpc) is 2.94. The highest BCUT2D eigenvalue weighted by molar-refractivity contribution is 9.10. The van der Waals surface area contributed by atoms with Gasteiger partial charge in [-0.15, -0.1) is 0 Å². The van der Waals surface area contributed by atoms with E-state index in [9.17, 15) is 0 Å². The Morgan fingerprint density at radius 2 is 2.25 bits per heavy atom. The molecule has 0 radical (unpaired) electrons. The standard InChI is InChI=1S/C17H26BrNO/c1-2-9-19-13-14(12-16-7-5-10-20-16)11-15-6-3-4-8-17(15)18/h3-4,6,8,14,16,19H,2,5,7,9-13H2,1H3. The molecule has 3 heteroatoms. The predicted octanol–water partition coefficient (Wildman–Crippen LogP) is 4.18. The number of rotatable bonds is 8. The van der Waals surface area contributed by atoms with E-state index < -0.39 is 0 Å². The zero-order valence-corrected chi connectivity index (χ0v) is 14.0. The summed E-state index contributed by atoms with van der Waals surface area (Å²) in [7, 11) is 0. The molecule has 20 heavy (non-hydrogen) atoms. The molecule has 1 saturated heterocycles. The third-order valence-corrected chi connectivity index (χ3v) is 4.72. The molecule has 1 aromatic rings. The van der Waals surface area contributed by atoms with Gasteiger partial charge in [0.15, 0.2) is 0 Å². The molecule has 0 spiro atoms. The molecule has 0 bridgehead atoms. The minimum atomic E-state index is 0.478. The largest absolute Gasteiger partial charge is 0.378 e. The molecule has 2 unspecified atom stereocenters. The Labute approximate surface area is 131 Å². The molecule has 1 fully saturated rings. The third-order valence-electron chi connectivity index (χ3n) is 3.95. The van der Waals surface area contributed by atoms with Gasteiger partial charge < -0.3 is 10.1 Å². The fourth-order valence-corrected chi connectivity index (χ4v) is 3.35. The van der Waals surface area contributed by atoms with E-state index in [0.717, 1.165) is 26.1 Å². The van der Waals surface area contributed by atoms with Crippen molar-refractivity contribution in [2.45, 2.75) is 45.1 Å². The molecule has 1 aliphatic rings. The van der Waals surface area contributed by atoms with Crippen LogP contribution in [0.2, 0.25) is 0 Å². The lowest BCUT2D eigenvalue weighted by Crippen LogP contribution is -2.28. The topological polar surface area (TPSA) is 21.3 Å². The first kappa shape index (κ1) is 16.0. The summed E-state index contributed by atoms with van der Waals surface area (Å²) >= 11 is 3.67. The molecule has 0 aliphatic carbocycles. The summed E-state index contributed by atoms with van der Waals surface area (Å²) in [5.41, 5.74) is 1.41. The van der Waals surface area contributed by atoms with Gasteiger partial charge in [-0.2, -0.15) is 0 Å². The van der Waals surface area contributed by atoms with Crippen molar-refractivity contribution in [3.05, 3.63) is 34.3 Å². The van der Waals surface area contributed by atoms with Crippen LogP contribution in [0.1, 0.15) is 38.2 Å². The van der Waals surface area contributed by atoms with Gasteiger partial charge in [0.2, 0.25) is 0 Å². The van der Waals surface area contributed by atoms with Crippen molar-refractivity contribution in [1.29, 1.82) is 0 Å². The molecule has 1 aliphatic heterocycles. The number of hydrogen-bond acceptors (Lipinski definition) is 2. The Hall–Kier alpha value is -0.380. The molecular weight excluding hydrogens is 314 g/mol. The maximum Gasteiger partial charge on any atom is 0.0579 e. The lowest BCUT2D eigenvalue weighted by Gasteiger charge is -2.21. The van der Waals surface area contributed by atoms with E-state index in [1.165, 1.54) is 35.7 Å². The van der Waals surface area contributed by atoms with E-state index in [4.69, 9.17) is 4.74 Å². The van der Waals surface area contributed by atoms with Gasteiger partial charge in [0.25, 0.3) is 0 Å². The minimum Gasteiger partial charge on any atom is -0.378 e. The van der Waals surface area contributed by atoms with Crippen LogP contribution < -0.4 is 5.32 Å². The van der Waals surface area contributed by atoms with E-state index in [0.29, 0.717) is 12.0 Å². The first-order valence-electron chi connectivity index (χ1n) is 7.85. The van der Waals surface area contributed by atoms with Crippen molar-refractivity contribution in [3.63, 3.8) is 0 Å². The van der Waals surface area contributed by atoms with Gasteiger partial charge in [-0.3, -0.25) is 0 Å². The predicted molar refractivity (Wildman–Crippen MR) is 88.1 cm³/mol. The second-order valence-corrected chi connectivity index (χ2v) is 6.59. The monoisotopic (exact) mass is 339 g/mol. The van der Waals surface area contributed by atoms with Crippen LogP contribution in [0.15, 0.2) is 28.7 Å². The van der Waals surface area contributed by atoms with Gasteiger partial charge in [0, 0.05) is 11.1 Å². The first-order chi connectivity index (χ1) is 9.79. The summed E-state index contributed by atoms with van der Waals surface area (Å²) in [5, 5.41) is 3.58. The molecule has 1 heterocycles. The summed E-state index contributed by atoms with van der Waals surface area (Å²) in [5.74, 6) is 0.656. The van der Waals surface area contributed by atoms with Gasteiger partial charge >= 0.3 is 0 Å². The quantitative estimate of drug-likeness (QED) is 0.717.